The molecule has 2 unspecified atom stereocenters. The Bertz CT molecular complexity index is 571. The van der Waals surface area contributed by atoms with Crippen molar-refractivity contribution in [3.05, 3.63) is 29.8 Å². The smallest absolute Gasteiger partial charge is 0.253 e. The molecule has 0 aromatic heterocycles. The van der Waals surface area contributed by atoms with E-state index in [-0.39, 0.29) is 30.1 Å². The third-order valence-corrected chi connectivity index (χ3v) is 4.76. The van der Waals surface area contributed by atoms with Crippen LogP contribution in [0.3, 0.4) is 0 Å². The number of hydrogen-bond donors (Lipinski definition) is 1. The molecule has 0 spiro atoms. The molecule has 0 saturated carbocycles. The number of carbonyl (C=O) groups excluding carboxylic acids is 2. The zero-order chi connectivity index (χ0) is 17.7. The first-order valence-electron chi connectivity index (χ1n) is 8.45. The second-order valence-electron chi connectivity index (χ2n) is 6.26. The highest BCUT2D eigenvalue weighted by molar-refractivity contribution is 5.94. The number of ether oxygens (including phenoxy) is 1. The van der Waals surface area contributed by atoms with E-state index in [4.69, 9.17) is 10.5 Å². The lowest BCUT2D eigenvalue weighted by Crippen LogP contribution is -2.55. The molecule has 2 rings (SSSR count). The van der Waals surface area contributed by atoms with E-state index in [0.717, 1.165) is 12.2 Å². The van der Waals surface area contributed by atoms with Gasteiger partial charge in [0.05, 0.1) is 13.2 Å². The van der Waals surface area contributed by atoms with Gasteiger partial charge in [0, 0.05) is 31.7 Å². The van der Waals surface area contributed by atoms with Crippen LogP contribution in [0, 0.1) is 5.92 Å². The van der Waals surface area contributed by atoms with Gasteiger partial charge in [-0.05, 0) is 30.2 Å². The van der Waals surface area contributed by atoms with Crippen molar-refractivity contribution in [3.8, 4) is 5.75 Å². The lowest BCUT2D eigenvalue weighted by molar-refractivity contribution is -0.135. The van der Waals surface area contributed by atoms with Crippen LogP contribution in [-0.2, 0) is 4.79 Å². The molecule has 2 amide bonds. The normalized spacial score (nSPS) is 16.6. The molecule has 1 aliphatic heterocycles. The van der Waals surface area contributed by atoms with Crippen LogP contribution in [0.2, 0.25) is 0 Å². The average molecular weight is 370 g/mol. The SMILES string of the molecule is CCC(C)C(N)C(=O)N1CCN(C(=O)c2ccc(OC)cc2)CC1.Cl. The van der Waals surface area contributed by atoms with Crippen LogP contribution < -0.4 is 10.5 Å². The van der Waals surface area contributed by atoms with Gasteiger partial charge in [0.1, 0.15) is 5.75 Å². The van der Waals surface area contributed by atoms with Crippen LogP contribution in [0.25, 0.3) is 0 Å². The fourth-order valence-corrected chi connectivity index (χ4v) is 2.75. The molecular formula is C18H28ClN3O3. The lowest BCUT2D eigenvalue weighted by Gasteiger charge is -2.36. The molecule has 25 heavy (non-hydrogen) atoms. The summed E-state index contributed by atoms with van der Waals surface area (Å²) in [5.41, 5.74) is 6.66. The van der Waals surface area contributed by atoms with E-state index in [1.165, 1.54) is 0 Å². The number of rotatable bonds is 5. The van der Waals surface area contributed by atoms with Crippen molar-refractivity contribution in [2.24, 2.45) is 11.7 Å². The van der Waals surface area contributed by atoms with Gasteiger partial charge in [-0.3, -0.25) is 9.59 Å². The number of amides is 2. The van der Waals surface area contributed by atoms with Crippen molar-refractivity contribution in [3.63, 3.8) is 0 Å². The first-order valence-corrected chi connectivity index (χ1v) is 8.45. The summed E-state index contributed by atoms with van der Waals surface area (Å²) < 4.78 is 5.10. The van der Waals surface area contributed by atoms with Gasteiger partial charge in [-0.15, -0.1) is 12.4 Å². The maximum Gasteiger partial charge on any atom is 0.253 e. The standard InChI is InChI=1S/C18H27N3O3.ClH/c1-4-13(2)16(19)18(23)21-11-9-20(10-12-21)17(22)14-5-7-15(24-3)8-6-14;/h5-8,13,16H,4,9-12,19H2,1-3H3;1H. The number of carbonyl (C=O) groups is 2. The number of halogens is 1. The number of nitrogens with two attached hydrogens (primary N) is 1. The van der Waals surface area contributed by atoms with Crippen LogP contribution in [0.1, 0.15) is 30.6 Å². The van der Waals surface area contributed by atoms with Gasteiger partial charge in [0.2, 0.25) is 5.91 Å². The summed E-state index contributed by atoms with van der Waals surface area (Å²) in [5, 5.41) is 0. The zero-order valence-corrected chi connectivity index (χ0v) is 15.9. The highest BCUT2D eigenvalue weighted by Crippen LogP contribution is 2.15. The number of benzene rings is 1. The van der Waals surface area contributed by atoms with Crippen LogP contribution in [0.4, 0.5) is 0 Å². The molecule has 1 heterocycles. The molecule has 6 nitrogen and oxygen atoms in total. The zero-order valence-electron chi connectivity index (χ0n) is 15.1. The summed E-state index contributed by atoms with van der Waals surface area (Å²) in [6.07, 6.45) is 0.878. The van der Waals surface area contributed by atoms with E-state index in [1.54, 1.807) is 41.2 Å². The molecule has 0 aliphatic carbocycles. The predicted octanol–water partition coefficient (Wildman–Crippen LogP) is 1.77. The molecule has 2 atom stereocenters. The molecule has 140 valence electrons. The molecule has 0 bridgehead atoms. The van der Waals surface area contributed by atoms with E-state index in [0.29, 0.717) is 31.7 Å². The third kappa shape index (κ3) is 5.09. The quantitative estimate of drug-likeness (QED) is 0.858. The van der Waals surface area contributed by atoms with Gasteiger partial charge in [-0.25, -0.2) is 0 Å². The molecule has 1 aromatic carbocycles. The van der Waals surface area contributed by atoms with Crippen molar-refractivity contribution >= 4 is 24.2 Å². The molecule has 1 aromatic rings. The molecular weight excluding hydrogens is 342 g/mol. The Morgan fingerprint density at radius 2 is 1.64 bits per heavy atom. The van der Waals surface area contributed by atoms with Gasteiger partial charge in [0.15, 0.2) is 0 Å². The van der Waals surface area contributed by atoms with E-state index in [2.05, 4.69) is 0 Å². The molecule has 1 saturated heterocycles. The predicted molar refractivity (Wildman–Crippen MR) is 100 cm³/mol. The van der Waals surface area contributed by atoms with Gasteiger partial charge in [-0.1, -0.05) is 20.3 Å². The summed E-state index contributed by atoms with van der Waals surface area (Å²) in [6.45, 7) is 6.15. The van der Waals surface area contributed by atoms with Crippen LogP contribution in [0.5, 0.6) is 5.75 Å². The van der Waals surface area contributed by atoms with Gasteiger partial charge >= 0.3 is 0 Å². The van der Waals surface area contributed by atoms with Crippen LogP contribution >= 0.6 is 12.4 Å². The first kappa shape index (κ1) is 21.3. The van der Waals surface area contributed by atoms with E-state index >= 15 is 0 Å². The Kier molecular flexibility index (Phi) is 8.19. The van der Waals surface area contributed by atoms with E-state index in [9.17, 15) is 9.59 Å². The third-order valence-electron chi connectivity index (χ3n) is 4.76. The Hall–Kier alpha value is -1.79. The summed E-state index contributed by atoms with van der Waals surface area (Å²) >= 11 is 0. The van der Waals surface area contributed by atoms with Crippen LogP contribution in [-0.4, -0.2) is 60.9 Å². The lowest BCUT2D eigenvalue weighted by atomic mass is 9.98. The Morgan fingerprint density at radius 1 is 1.12 bits per heavy atom. The van der Waals surface area contributed by atoms with Crippen molar-refractivity contribution in [2.75, 3.05) is 33.3 Å². The maximum atomic E-state index is 12.5. The van der Waals surface area contributed by atoms with E-state index < -0.39 is 6.04 Å². The minimum Gasteiger partial charge on any atom is -0.497 e. The molecule has 7 heteroatoms. The largest absolute Gasteiger partial charge is 0.497 e. The number of hydrogen-bond acceptors (Lipinski definition) is 4. The summed E-state index contributed by atoms with van der Waals surface area (Å²) in [5.74, 6) is 0.856. The summed E-state index contributed by atoms with van der Waals surface area (Å²) in [7, 11) is 1.59. The minimum absolute atomic E-state index is 0. The van der Waals surface area contributed by atoms with Crippen molar-refractivity contribution in [1.29, 1.82) is 0 Å². The van der Waals surface area contributed by atoms with E-state index in [1.807, 2.05) is 13.8 Å². The second-order valence-corrected chi connectivity index (χ2v) is 6.26. The topological polar surface area (TPSA) is 75.9 Å². The Balaban J connectivity index is 0.00000312. The second kappa shape index (κ2) is 9.63. The van der Waals surface area contributed by atoms with Gasteiger partial charge in [-0.2, -0.15) is 0 Å². The van der Waals surface area contributed by atoms with Crippen LogP contribution in [0.15, 0.2) is 24.3 Å². The van der Waals surface area contributed by atoms with Gasteiger partial charge in [0.25, 0.3) is 5.91 Å². The molecule has 1 fully saturated rings. The highest BCUT2D eigenvalue weighted by atomic mass is 35.5. The van der Waals surface area contributed by atoms with Gasteiger partial charge < -0.3 is 20.3 Å². The van der Waals surface area contributed by atoms with Crippen molar-refractivity contribution in [2.45, 2.75) is 26.3 Å². The fourth-order valence-electron chi connectivity index (χ4n) is 2.75. The molecule has 1 aliphatic rings. The molecule has 2 N–H and O–H groups in total. The van der Waals surface area contributed by atoms with Crippen molar-refractivity contribution in [1.82, 2.24) is 9.80 Å². The first-order chi connectivity index (χ1) is 11.5. The van der Waals surface area contributed by atoms with Crippen molar-refractivity contribution < 1.29 is 14.3 Å². The number of methoxy groups -OCH3 is 1. The fraction of sp³-hybridized carbons (Fsp3) is 0.556. The Morgan fingerprint density at radius 3 is 2.12 bits per heavy atom. The molecule has 0 radical (unpaired) electrons. The Labute approximate surface area is 155 Å². The monoisotopic (exact) mass is 369 g/mol. The summed E-state index contributed by atoms with van der Waals surface area (Å²) in [4.78, 5) is 28.5. The maximum absolute atomic E-state index is 12.5. The average Bonchev–Trinajstić information content (AvgIpc) is 2.65. The highest BCUT2D eigenvalue weighted by Gasteiger charge is 2.29. The number of piperazine rings is 1. The summed E-state index contributed by atoms with van der Waals surface area (Å²) in [6, 6.07) is 6.62. The number of nitrogens with zero attached hydrogens (tertiary/aromatic N) is 2. The minimum atomic E-state index is -0.459.